The maximum atomic E-state index is 12.4. The summed E-state index contributed by atoms with van der Waals surface area (Å²) in [6.45, 7) is 4.70. The van der Waals surface area contributed by atoms with Gasteiger partial charge in [-0.2, -0.15) is 0 Å². The molecule has 0 aromatic carbocycles. The van der Waals surface area contributed by atoms with Crippen LogP contribution in [0.25, 0.3) is 0 Å². The minimum Gasteiger partial charge on any atom is -0.299 e. The van der Waals surface area contributed by atoms with Crippen LogP contribution in [0.3, 0.4) is 0 Å². The zero-order valence-electron chi connectivity index (χ0n) is 13.7. The highest BCUT2D eigenvalue weighted by atomic mass is 79.9. The third kappa shape index (κ3) is 1.90. The van der Waals surface area contributed by atoms with Crippen LogP contribution in [-0.2, 0) is 9.59 Å². The Balaban J connectivity index is 1.66. The number of alkyl halides is 1. The molecule has 0 bridgehead atoms. The first-order chi connectivity index (χ1) is 10.4. The monoisotopic (exact) mass is 366 g/mol. The topological polar surface area (TPSA) is 34.1 Å². The normalized spacial score (nSPS) is 54.6. The lowest BCUT2D eigenvalue weighted by Gasteiger charge is -2.59. The predicted molar refractivity (Wildman–Crippen MR) is 89.8 cm³/mol. The number of rotatable bonds is 0. The van der Waals surface area contributed by atoms with E-state index in [0.29, 0.717) is 28.8 Å². The van der Waals surface area contributed by atoms with Gasteiger partial charge in [-0.05, 0) is 67.6 Å². The van der Waals surface area contributed by atoms with Crippen molar-refractivity contribution in [2.45, 2.75) is 70.0 Å². The van der Waals surface area contributed by atoms with E-state index in [1.807, 2.05) is 0 Å². The largest absolute Gasteiger partial charge is 0.299 e. The molecular formula is C19H27BrO2. The summed E-state index contributed by atoms with van der Waals surface area (Å²) in [5, 5.41) is 0. The Hall–Kier alpha value is -0.180. The molecule has 4 aliphatic rings. The minimum atomic E-state index is -0.0251. The van der Waals surface area contributed by atoms with E-state index in [0.717, 1.165) is 43.9 Å². The van der Waals surface area contributed by atoms with E-state index in [2.05, 4.69) is 29.8 Å². The third-order valence-corrected chi connectivity index (χ3v) is 9.02. The third-order valence-electron chi connectivity index (χ3n) is 8.19. The van der Waals surface area contributed by atoms with Gasteiger partial charge in [-0.1, -0.05) is 29.8 Å². The van der Waals surface area contributed by atoms with Crippen molar-refractivity contribution in [1.82, 2.24) is 0 Å². The molecule has 0 N–H and O–H groups in total. The smallest absolute Gasteiger partial charge is 0.146 e. The van der Waals surface area contributed by atoms with Gasteiger partial charge in [0.2, 0.25) is 0 Å². The summed E-state index contributed by atoms with van der Waals surface area (Å²) < 4.78 is 0. The molecule has 122 valence electrons. The molecule has 2 nitrogen and oxygen atoms in total. The van der Waals surface area contributed by atoms with Crippen molar-refractivity contribution in [3.63, 3.8) is 0 Å². The van der Waals surface area contributed by atoms with Gasteiger partial charge in [-0.15, -0.1) is 0 Å². The number of hydrogen-bond acceptors (Lipinski definition) is 2. The Labute approximate surface area is 141 Å². The first-order valence-corrected chi connectivity index (χ1v) is 9.98. The molecule has 4 fully saturated rings. The molecule has 0 radical (unpaired) electrons. The molecule has 0 amide bonds. The fourth-order valence-electron chi connectivity index (χ4n) is 6.83. The second-order valence-corrected chi connectivity index (χ2v) is 10.0. The van der Waals surface area contributed by atoms with Crippen molar-refractivity contribution in [2.75, 3.05) is 0 Å². The van der Waals surface area contributed by atoms with Gasteiger partial charge < -0.3 is 0 Å². The molecule has 4 aliphatic carbocycles. The fraction of sp³-hybridized carbons (Fsp3) is 0.895. The van der Waals surface area contributed by atoms with Crippen molar-refractivity contribution in [1.29, 1.82) is 0 Å². The van der Waals surface area contributed by atoms with Gasteiger partial charge in [-0.25, -0.2) is 0 Å². The highest BCUT2D eigenvalue weighted by Gasteiger charge is 2.60. The van der Waals surface area contributed by atoms with Gasteiger partial charge in [0.1, 0.15) is 11.6 Å². The Kier molecular flexibility index (Phi) is 3.43. The van der Waals surface area contributed by atoms with Gasteiger partial charge >= 0.3 is 0 Å². The highest BCUT2D eigenvalue weighted by molar-refractivity contribution is 9.10. The second kappa shape index (κ2) is 4.91. The lowest BCUT2D eigenvalue weighted by molar-refractivity contribution is -0.143. The summed E-state index contributed by atoms with van der Waals surface area (Å²) in [6.07, 6.45) is 8.44. The summed E-state index contributed by atoms with van der Waals surface area (Å²) in [4.78, 5) is 24.6. The molecule has 0 heterocycles. The van der Waals surface area contributed by atoms with E-state index < -0.39 is 0 Å². The van der Waals surface area contributed by atoms with Crippen LogP contribution < -0.4 is 0 Å². The van der Waals surface area contributed by atoms with Crippen LogP contribution in [0, 0.1) is 34.5 Å². The first kappa shape index (κ1) is 15.4. The van der Waals surface area contributed by atoms with Gasteiger partial charge in [0.15, 0.2) is 0 Å². The van der Waals surface area contributed by atoms with E-state index in [9.17, 15) is 9.59 Å². The molecule has 0 spiro atoms. The van der Waals surface area contributed by atoms with Crippen molar-refractivity contribution < 1.29 is 9.59 Å². The SMILES string of the molecule is C[C@]12CC(Br)C(=O)CC1CC[C@@H]1[C@@H]2CC[C@]2(C)C(=O)CC[C@@H]12. The summed E-state index contributed by atoms with van der Waals surface area (Å²) in [7, 11) is 0. The van der Waals surface area contributed by atoms with Gasteiger partial charge in [0.25, 0.3) is 0 Å². The number of halogens is 1. The number of carbonyl (C=O) groups is 2. The van der Waals surface area contributed by atoms with E-state index in [-0.39, 0.29) is 10.2 Å². The Bertz CT molecular complexity index is 530. The number of hydrogen-bond donors (Lipinski definition) is 0. The molecule has 4 saturated carbocycles. The number of ketones is 2. The van der Waals surface area contributed by atoms with Crippen LogP contribution in [0.2, 0.25) is 0 Å². The van der Waals surface area contributed by atoms with E-state index in [4.69, 9.17) is 0 Å². The Morgan fingerprint density at radius 3 is 2.59 bits per heavy atom. The van der Waals surface area contributed by atoms with Crippen molar-refractivity contribution in [3.05, 3.63) is 0 Å². The second-order valence-electron chi connectivity index (χ2n) is 8.92. The molecule has 22 heavy (non-hydrogen) atoms. The molecule has 0 saturated heterocycles. The quantitative estimate of drug-likeness (QED) is 0.589. The van der Waals surface area contributed by atoms with E-state index >= 15 is 0 Å². The van der Waals surface area contributed by atoms with Crippen molar-refractivity contribution >= 4 is 27.5 Å². The fourth-order valence-corrected chi connectivity index (χ4v) is 7.71. The maximum absolute atomic E-state index is 12.4. The number of fused-ring (bicyclic) bond motifs is 5. The molecule has 2 unspecified atom stereocenters. The summed E-state index contributed by atoms with van der Waals surface area (Å²) in [6, 6.07) is 0. The molecule has 0 aromatic rings. The maximum Gasteiger partial charge on any atom is 0.146 e. The average molecular weight is 367 g/mol. The van der Waals surface area contributed by atoms with Crippen molar-refractivity contribution in [3.8, 4) is 0 Å². The standard InChI is InChI=1S/C19H27BrO2/c1-18-8-7-14-12(13(18)5-6-17(18)22)4-3-11-9-16(21)15(20)10-19(11,14)2/h11-15H,3-10H2,1-2H3/t11?,12-,13-,14-,15?,18-,19-/m0/s1. The molecule has 3 heteroatoms. The van der Waals surface area contributed by atoms with Gasteiger partial charge in [0.05, 0.1) is 4.83 Å². The average Bonchev–Trinajstić information content (AvgIpc) is 2.77. The Morgan fingerprint density at radius 1 is 1.05 bits per heavy atom. The van der Waals surface area contributed by atoms with Crippen molar-refractivity contribution in [2.24, 2.45) is 34.5 Å². The highest BCUT2D eigenvalue weighted by Crippen LogP contribution is 2.65. The predicted octanol–water partition coefficient (Wildman–Crippen LogP) is 4.54. The molecule has 0 aromatic heterocycles. The van der Waals surface area contributed by atoms with E-state index in [1.165, 1.54) is 19.3 Å². The van der Waals surface area contributed by atoms with Gasteiger partial charge in [0, 0.05) is 18.3 Å². The molecule has 4 rings (SSSR count). The molecular weight excluding hydrogens is 340 g/mol. The van der Waals surface area contributed by atoms with Crippen LogP contribution in [-0.4, -0.2) is 16.4 Å². The summed E-state index contributed by atoms with van der Waals surface area (Å²) >= 11 is 3.64. The lowest BCUT2D eigenvalue weighted by Crippen LogP contribution is -2.55. The summed E-state index contributed by atoms with van der Waals surface area (Å²) in [5.74, 6) is 3.58. The molecule has 7 atom stereocenters. The van der Waals surface area contributed by atoms with Gasteiger partial charge in [-0.3, -0.25) is 9.59 Å². The zero-order chi connectivity index (χ0) is 15.7. The van der Waals surface area contributed by atoms with Crippen LogP contribution in [0.4, 0.5) is 0 Å². The summed E-state index contributed by atoms with van der Waals surface area (Å²) in [5.41, 5.74) is 0.278. The lowest BCUT2D eigenvalue weighted by atomic mass is 9.45. The van der Waals surface area contributed by atoms with Crippen LogP contribution in [0.1, 0.15) is 65.2 Å². The minimum absolute atomic E-state index is 0.0251. The van der Waals surface area contributed by atoms with Crippen LogP contribution in [0.15, 0.2) is 0 Å². The number of carbonyl (C=O) groups excluding carboxylic acids is 2. The number of Topliss-reactive ketones (excluding diaryl/α,β-unsaturated/α-hetero) is 2. The van der Waals surface area contributed by atoms with E-state index in [1.54, 1.807) is 0 Å². The molecule has 0 aliphatic heterocycles. The Morgan fingerprint density at radius 2 is 1.82 bits per heavy atom. The zero-order valence-corrected chi connectivity index (χ0v) is 15.3. The first-order valence-electron chi connectivity index (χ1n) is 9.06. The van der Waals surface area contributed by atoms with Crippen LogP contribution >= 0.6 is 15.9 Å². The van der Waals surface area contributed by atoms with Crippen LogP contribution in [0.5, 0.6) is 0 Å².